The molecule has 1 aromatic heterocycles. The van der Waals surface area contributed by atoms with Crippen LogP contribution in [0.15, 0.2) is 60.7 Å². The van der Waals surface area contributed by atoms with Crippen LogP contribution in [-0.4, -0.2) is 27.8 Å². The zero-order valence-electron chi connectivity index (χ0n) is 18.0. The van der Waals surface area contributed by atoms with Crippen LogP contribution in [0.4, 0.5) is 5.69 Å². The first kappa shape index (κ1) is 21.8. The molecule has 0 saturated carbocycles. The van der Waals surface area contributed by atoms with Gasteiger partial charge in [-0.1, -0.05) is 18.2 Å². The van der Waals surface area contributed by atoms with Crippen LogP contribution in [0.3, 0.4) is 0 Å². The normalized spacial score (nSPS) is 11.9. The molecule has 1 N–H and O–H groups in total. The summed E-state index contributed by atoms with van der Waals surface area (Å²) in [6.07, 6.45) is 2.00. The number of nitrogens with zero attached hydrogens (tertiary/aromatic N) is 2. The second kappa shape index (κ2) is 9.75. The van der Waals surface area contributed by atoms with Crippen molar-refractivity contribution in [2.24, 2.45) is 7.05 Å². The lowest BCUT2D eigenvalue weighted by Crippen LogP contribution is -2.29. The molecule has 3 aromatic rings. The predicted octanol–water partition coefficient (Wildman–Crippen LogP) is 4.41. The van der Waals surface area contributed by atoms with Crippen molar-refractivity contribution in [2.45, 2.75) is 26.9 Å². The van der Waals surface area contributed by atoms with Crippen LogP contribution in [0.2, 0.25) is 0 Å². The Kier molecular flexibility index (Phi) is 6.87. The molecule has 160 valence electrons. The highest BCUT2D eigenvalue weighted by atomic mass is 16.5. The average Bonchev–Trinajstić information content (AvgIpc) is 2.99. The molecule has 0 bridgehead atoms. The van der Waals surface area contributed by atoms with Gasteiger partial charge in [0.2, 0.25) is 0 Å². The fraction of sp³-hybridized carbons (Fsp3) is 0.208. The SMILES string of the molecule is Cc1nn(C)c(C)c1/C=C/C(=O)O[C@@H](C)C(=O)Nc1ccc(Oc2ccccc2)cc1. The van der Waals surface area contributed by atoms with Gasteiger partial charge in [-0.2, -0.15) is 5.10 Å². The van der Waals surface area contributed by atoms with Crippen LogP contribution in [0.1, 0.15) is 23.9 Å². The number of anilines is 1. The van der Waals surface area contributed by atoms with Crippen LogP contribution in [-0.2, 0) is 21.4 Å². The van der Waals surface area contributed by atoms with Gasteiger partial charge >= 0.3 is 5.97 Å². The third kappa shape index (κ3) is 5.82. The van der Waals surface area contributed by atoms with Gasteiger partial charge in [-0.25, -0.2) is 4.79 Å². The summed E-state index contributed by atoms with van der Waals surface area (Å²) in [5.41, 5.74) is 3.18. The fourth-order valence-corrected chi connectivity index (χ4v) is 2.92. The van der Waals surface area contributed by atoms with Crippen molar-refractivity contribution in [1.29, 1.82) is 0 Å². The number of ether oxygens (including phenoxy) is 2. The van der Waals surface area contributed by atoms with E-state index in [0.29, 0.717) is 11.4 Å². The van der Waals surface area contributed by atoms with Crippen LogP contribution in [0, 0.1) is 13.8 Å². The number of aryl methyl sites for hydroxylation is 2. The molecular weight excluding hydrogens is 394 g/mol. The van der Waals surface area contributed by atoms with Crippen molar-refractivity contribution < 1.29 is 19.1 Å². The van der Waals surface area contributed by atoms with Gasteiger partial charge in [0.05, 0.1) is 5.69 Å². The van der Waals surface area contributed by atoms with Gasteiger partial charge in [-0.05, 0) is 63.2 Å². The van der Waals surface area contributed by atoms with Crippen LogP contribution in [0.25, 0.3) is 6.08 Å². The number of para-hydroxylation sites is 1. The minimum atomic E-state index is -0.950. The Bertz CT molecular complexity index is 1090. The molecule has 0 aliphatic carbocycles. The topological polar surface area (TPSA) is 82.5 Å². The van der Waals surface area contributed by atoms with Crippen molar-refractivity contribution >= 4 is 23.6 Å². The van der Waals surface area contributed by atoms with E-state index in [1.807, 2.05) is 51.2 Å². The summed E-state index contributed by atoms with van der Waals surface area (Å²) in [6, 6.07) is 16.4. The van der Waals surface area contributed by atoms with Gasteiger partial charge in [0.25, 0.3) is 5.91 Å². The molecule has 1 heterocycles. The highest BCUT2D eigenvalue weighted by Gasteiger charge is 2.17. The van der Waals surface area contributed by atoms with Gasteiger partial charge in [0.15, 0.2) is 6.10 Å². The van der Waals surface area contributed by atoms with Crippen molar-refractivity contribution in [3.63, 3.8) is 0 Å². The number of hydrogen-bond donors (Lipinski definition) is 1. The van der Waals surface area contributed by atoms with Gasteiger partial charge in [0, 0.05) is 30.1 Å². The van der Waals surface area contributed by atoms with Crippen LogP contribution < -0.4 is 10.1 Å². The second-order valence-electron chi connectivity index (χ2n) is 7.05. The van der Waals surface area contributed by atoms with E-state index in [0.717, 1.165) is 22.7 Å². The van der Waals surface area contributed by atoms with E-state index in [1.165, 1.54) is 13.0 Å². The van der Waals surface area contributed by atoms with E-state index < -0.39 is 18.0 Å². The van der Waals surface area contributed by atoms with E-state index in [9.17, 15) is 9.59 Å². The molecule has 31 heavy (non-hydrogen) atoms. The van der Waals surface area contributed by atoms with E-state index in [2.05, 4.69) is 10.4 Å². The van der Waals surface area contributed by atoms with E-state index in [4.69, 9.17) is 9.47 Å². The molecule has 7 heteroatoms. The Hall–Kier alpha value is -3.87. The smallest absolute Gasteiger partial charge is 0.331 e. The highest BCUT2D eigenvalue weighted by Crippen LogP contribution is 2.22. The molecule has 0 aliphatic rings. The summed E-state index contributed by atoms with van der Waals surface area (Å²) < 4.78 is 12.7. The molecule has 0 aliphatic heterocycles. The molecule has 0 spiro atoms. The lowest BCUT2D eigenvalue weighted by atomic mass is 10.2. The average molecular weight is 419 g/mol. The Morgan fingerprint density at radius 1 is 1.03 bits per heavy atom. The second-order valence-corrected chi connectivity index (χ2v) is 7.05. The number of carbonyl (C=O) groups excluding carboxylic acids is 2. The number of aromatic nitrogens is 2. The van der Waals surface area contributed by atoms with E-state index >= 15 is 0 Å². The van der Waals surface area contributed by atoms with Crippen LogP contribution in [0.5, 0.6) is 11.5 Å². The first-order valence-corrected chi connectivity index (χ1v) is 9.86. The van der Waals surface area contributed by atoms with Crippen molar-refractivity contribution in [1.82, 2.24) is 9.78 Å². The minimum absolute atomic E-state index is 0.424. The van der Waals surface area contributed by atoms with Gasteiger partial charge < -0.3 is 14.8 Å². The zero-order valence-corrected chi connectivity index (χ0v) is 18.0. The van der Waals surface area contributed by atoms with Gasteiger partial charge in [-0.15, -0.1) is 0 Å². The molecule has 1 atom stereocenters. The molecule has 0 saturated heterocycles. The maximum atomic E-state index is 12.4. The lowest BCUT2D eigenvalue weighted by molar-refractivity contribution is -0.148. The zero-order chi connectivity index (χ0) is 22.4. The quantitative estimate of drug-likeness (QED) is 0.453. The number of hydrogen-bond acceptors (Lipinski definition) is 5. The summed E-state index contributed by atoms with van der Waals surface area (Å²) >= 11 is 0. The maximum Gasteiger partial charge on any atom is 0.331 e. The number of amides is 1. The molecule has 3 rings (SSSR count). The predicted molar refractivity (Wildman–Crippen MR) is 119 cm³/mol. The maximum absolute atomic E-state index is 12.4. The molecule has 2 aromatic carbocycles. The number of carbonyl (C=O) groups is 2. The number of benzene rings is 2. The van der Waals surface area contributed by atoms with E-state index in [1.54, 1.807) is 35.0 Å². The molecule has 0 radical (unpaired) electrons. The van der Waals surface area contributed by atoms with Gasteiger partial charge in [0.1, 0.15) is 11.5 Å². The first-order chi connectivity index (χ1) is 14.8. The first-order valence-electron chi connectivity index (χ1n) is 9.86. The summed E-state index contributed by atoms with van der Waals surface area (Å²) in [5.74, 6) is 0.350. The number of rotatable bonds is 7. The highest BCUT2D eigenvalue weighted by molar-refractivity contribution is 5.96. The molecule has 0 unspecified atom stereocenters. The third-order valence-corrected chi connectivity index (χ3v) is 4.71. The Morgan fingerprint density at radius 2 is 1.68 bits per heavy atom. The largest absolute Gasteiger partial charge is 0.457 e. The third-order valence-electron chi connectivity index (χ3n) is 4.71. The molecular formula is C24H25N3O4. The van der Waals surface area contributed by atoms with Crippen molar-refractivity contribution in [2.75, 3.05) is 5.32 Å². The van der Waals surface area contributed by atoms with Gasteiger partial charge in [-0.3, -0.25) is 9.48 Å². The number of esters is 1. The standard InChI is InChI=1S/C24H25N3O4/c1-16-22(17(2)27(4)26-16)14-15-23(28)30-18(3)24(29)25-19-10-12-21(13-11-19)31-20-8-6-5-7-9-20/h5-15,18H,1-4H3,(H,25,29)/b15-14+/t18-/m0/s1. The summed E-state index contributed by atoms with van der Waals surface area (Å²) in [6.45, 7) is 5.30. The van der Waals surface area contributed by atoms with Crippen molar-refractivity contribution in [3.8, 4) is 11.5 Å². The van der Waals surface area contributed by atoms with Crippen LogP contribution >= 0.6 is 0 Å². The molecule has 7 nitrogen and oxygen atoms in total. The van der Waals surface area contributed by atoms with Crippen molar-refractivity contribution in [3.05, 3.63) is 77.6 Å². The summed E-state index contributed by atoms with van der Waals surface area (Å²) in [5, 5.41) is 7.02. The Balaban J connectivity index is 1.52. The fourth-order valence-electron chi connectivity index (χ4n) is 2.92. The monoisotopic (exact) mass is 419 g/mol. The van der Waals surface area contributed by atoms with E-state index in [-0.39, 0.29) is 0 Å². The summed E-state index contributed by atoms with van der Waals surface area (Å²) in [7, 11) is 1.84. The molecule has 1 amide bonds. The minimum Gasteiger partial charge on any atom is -0.457 e. The number of nitrogens with one attached hydrogen (secondary N) is 1. The summed E-state index contributed by atoms with van der Waals surface area (Å²) in [4.78, 5) is 24.5. The Labute approximate surface area is 181 Å². The lowest BCUT2D eigenvalue weighted by Gasteiger charge is -2.13. The molecule has 0 fully saturated rings. The Morgan fingerprint density at radius 3 is 2.29 bits per heavy atom.